The van der Waals surface area contributed by atoms with Gasteiger partial charge in [-0.15, -0.1) is 0 Å². The lowest BCUT2D eigenvalue weighted by Crippen LogP contribution is -2.36. The van der Waals surface area contributed by atoms with Crippen molar-refractivity contribution >= 4 is 11.9 Å². The lowest BCUT2D eigenvalue weighted by Gasteiger charge is -2.21. The number of nitrogens with one attached hydrogen (secondary N) is 1. The van der Waals surface area contributed by atoms with Crippen molar-refractivity contribution in [3.05, 3.63) is 0 Å². The van der Waals surface area contributed by atoms with E-state index in [2.05, 4.69) is 12.2 Å². The second-order valence-electron chi connectivity index (χ2n) is 4.89. The Morgan fingerprint density at radius 3 is 2.53 bits per heavy atom. The van der Waals surface area contributed by atoms with Crippen molar-refractivity contribution in [3.8, 4) is 0 Å². The molecule has 0 aliphatic heterocycles. The summed E-state index contributed by atoms with van der Waals surface area (Å²) in [4.78, 5) is 22.8. The van der Waals surface area contributed by atoms with Crippen LogP contribution < -0.4 is 5.32 Å². The Balaban J connectivity index is 2.48. The number of hydrogen-bond acceptors (Lipinski definition) is 2. The summed E-state index contributed by atoms with van der Waals surface area (Å²) in [6, 6.07) is 0. The number of carboxylic acid groups (broad SMARTS) is 1. The molecule has 1 fully saturated rings. The number of aliphatic carboxylic acids is 1. The predicted octanol–water partition coefficient (Wildman–Crippen LogP) is 2.18. The molecule has 17 heavy (non-hydrogen) atoms. The molecule has 4 nitrogen and oxygen atoms in total. The first kappa shape index (κ1) is 14.0. The quantitative estimate of drug-likeness (QED) is 0.671. The summed E-state index contributed by atoms with van der Waals surface area (Å²) < 4.78 is 0. The molecule has 2 N–H and O–H groups in total. The van der Waals surface area contributed by atoms with E-state index in [0.717, 1.165) is 38.5 Å². The van der Waals surface area contributed by atoms with Gasteiger partial charge in [0, 0.05) is 6.54 Å². The van der Waals surface area contributed by atoms with Gasteiger partial charge >= 0.3 is 5.97 Å². The Hall–Kier alpha value is -1.06. The molecular weight excluding hydrogens is 218 g/mol. The number of hydrogen-bond donors (Lipinski definition) is 2. The topological polar surface area (TPSA) is 66.4 Å². The summed E-state index contributed by atoms with van der Waals surface area (Å²) >= 11 is 0. The highest BCUT2D eigenvalue weighted by Gasteiger charge is 2.32. The zero-order valence-electron chi connectivity index (χ0n) is 10.6. The molecule has 0 aromatic heterocycles. The molecular formula is C13H23NO3. The number of carbonyl (C=O) groups is 2. The first-order valence-electron chi connectivity index (χ1n) is 6.64. The summed E-state index contributed by atoms with van der Waals surface area (Å²) in [7, 11) is 0. The first-order valence-corrected chi connectivity index (χ1v) is 6.64. The molecule has 1 amide bonds. The molecule has 1 atom stereocenters. The minimum atomic E-state index is -0.868. The molecule has 0 bridgehead atoms. The number of unbranched alkanes of at least 4 members (excludes halogenated alkanes) is 1. The van der Waals surface area contributed by atoms with Crippen molar-refractivity contribution in [1.82, 2.24) is 5.32 Å². The lowest BCUT2D eigenvalue weighted by atomic mass is 9.87. The van der Waals surface area contributed by atoms with Crippen LogP contribution in [0.2, 0.25) is 0 Å². The van der Waals surface area contributed by atoms with Crippen molar-refractivity contribution < 1.29 is 14.7 Å². The van der Waals surface area contributed by atoms with Crippen LogP contribution in [-0.2, 0) is 9.59 Å². The van der Waals surface area contributed by atoms with Crippen molar-refractivity contribution in [2.75, 3.05) is 6.54 Å². The molecule has 1 unspecified atom stereocenters. The lowest BCUT2D eigenvalue weighted by molar-refractivity contribution is -0.142. The molecule has 0 radical (unpaired) electrons. The van der Waals surface area contributed by atoms with E-state index < -0.39 is 5.97 Å². The molecule has 0 aromatic rings. The summed E-state index contributed by atoms with van der Waals surface area (Å²) in [6.45, 7) is 2.73. The van der Waals surface area contributed by atoms with Crippen LogP contribution in [0.1, 0.15) is 51.9 Å². The minimum absolute atomic E-state index is 0.0252. The minimum Gasteiger partial charge on any atom is -0.481 e. The zero-order chi connectivity index (χ0) is 12.7. The molecule has 0 heterocycles. The van der Waals surface area contributed by atoms with Gasteiger partial charge in [-0.2, -0.15) is 0 Å². The van der Waals surface area contributed by atoms with Gasteiger partial charge in [0.25, 0.3) is 0 Å². The van der Waals surface area contributed by atoms with Crippen molar-refractivity contribution in [3.63, 3.8) is 0 Å². The molecule has 4 heteroatoms. The highest BCUT2D eigenvalue weighted by molar-refractivity contribution is 5.83. The summed E-state index contributed by atoms with van der Waals surface area (Å²) in [5.41, 5.74) is 0. The van der Waals surface area contributed by atoms with Gasteiger partial charge in [-0.1, -0.05) is 26.2 Å². The smallest absolute Gasteiger partial charge is 0.304 e. The average molecular weight is 241 g/mol. The van der Waals surface area contributed by atoms with E-state index in [9.17, 15) is 9.59 Å². The Labute approximate surface area is 103 Å². The van der Waals surface area contributed by atoms with Crippen molar-refractivity contribution in [2.45, 2.75) is 51.9 Å². The van der Waals surface area contributed by atoms with Crippen molar-refractivity contribution in [2.24, 2.45) is 11.8 Å². The van der Waals surface area contributed by atoms with Crippen LogP contribution in [0.4, 0.5) is 0 Å². The number of amides is 1. The van der Waals surface area contributed by atoms with E-state index in [4.69, 9.17) is 5.11 Å². The van der Waals surface area contributed by atoms with E-state index in [1.165, 1.54) is 0 Å². The Kier molecular flexibility index (Phi) is 6.01. The number of carboxylic acids is 1. The fourth-order valence-corrected chi connectivity index (χ4v) is 2.54. The van der Waals surface area contributed by atoms with Crippen LogP contribution in [-0.4, -0.2) is 23.5 Å². The third-order valence-electron chi connectivity index (χ3n) is 3.53. The van der Waals surface area contributed by atoms with Gasteiger partial charge in [-0.25, -0.2) is 0 Å². The summed E-state index contributed by atoms with van der Waals surface area (Å²) in [5, 5.41) is 11.7. The highest BCUT2D eigenvalue weighted by Crippen LogP contribution is 2.33. The van der Waals surface area contributed by atoms with Gasteiger partial charge in [-0.3, -0.25) is 9.59 Å². The molecule has 1 aliphatic rings. The highest BCUT2D eigenvalue weighted by atomic mass is 16.4. The van der Waals surface area contributed by atoms with Crippen LogP contribution in [0.3, 0.4) is 0 Å². The molecule has 98 valence electrons. The zero-order valence-corrected chi connectivity index (χ0v) is 10.6. The van der Waals surface area contributed by atoms with Crippen LogP contribution in [0.25, 0.3) is 0 Å². The second kappa shape index (κ2) is 7.30. The maximum absolute atomic E-state index is 12.0. The van der Waals surface area contributed by atoms with E-state index >= 15 is 0 Å². The Morgan fingerprint density at radius 2 is 2.00 bits per heavy atom. The summed E-state index contributed by atoms with van der Waals surface area (Å²) in [5.74, 6) is -0.986. The molecule has 0 saturated heterocycles. The van der Waals surface area contributed by atoms with Gasteiger partial charge in [0.15, 0.2) is 0 Å². The standard InChI is InChI=1S/C13H23NO3/c1-2-3-8-14-13(17)11(9-12(15)16)10-6-4-5-7-10/h10-11H,2-9H2,1H3,(H,14,17)(H,15,16). The molecule has 0 aromatic carbocycles. The molecule has 1 saturated carbocycles. The molecule has 0 spiro atoms. The fraction of sp³-hybridized carbons (Fsp3) is 0.846. The van der Waals surface area contributed by atoms with Gasteiger partial charge in [-0.05, 0) is 25.2 Å². The number of rotatable bonds is 7. The van der Waals surface area contributed by atoms with Crippen LogP contribution in [0.15, 0.2) is 0 Å². The SMILES string of the molecule is CCCCNC(=O)C(CC(=O)O)C1CCCC1. The average Bonchev–Trinajstić information content (AvgIpc) is 2.79. The van der Waals surface area contributed by atoms with E-state index in [1.54, 1.807) is 0 Å². The maximum atomic E-state index is 12.0. The third-order valence-corrected chi connectivity index (χ3v) is 3.53. The molecule has 1 aliphatic carbocycles. The summed E-state index contributed by atoms with van der Waals surface area (Å²) in [6.07, 6.45) is 6.22. The van der Waals surface area contributed by atoms with E-state index in [-0.39, 0.29) is 24.2 Å². The monoisotopic (exact) mass is 241 g/mol. The molecule has 1 rings (SSSR count). The second-order valence-corrected chi connectivity index (χ2v) is 4.89. The van der Waals surface area contributed by atoms with Gasteiger partial charge < -0.3 is 10.4 Å². The predicted molar refractivity (Wildman–Crippen MR) is 65.6 cm³/mol. The normalized spacial score (nSPS) is 17.9. The van der Waals surface area contributed by atoms with Crippen molar-refractivity contribution in [1.29, 1.82) is 0 Å². The van der Waals surface area contributed by atoms with Gasteiger partial charge in [0.2, 0.25) is 5.91 Å². The van der Waals surface area contributed by atoms with Crippen LogP contribution >= 0.6 is 0 Å². The Morgan fingerprint density at radius 1 is 1.35 bits per heavy atom. The first-order chi connectivity index (χ1) is 8.15. The fourth-order valence-electron chi connectivity index (χ4n) is 2.54. The largest absolute Gasteiger partial charge is 0.481 e. The van der Waals surface area contributed by atoms with Gasteiger partial charge in [0.05, 0.1) is 12.3 Å². The van der Waals surface area contributed by atoms with E-state index in [1.807, 2.05) is 0 Å². The van der Waals surface area contributed by atoms with Gasteiger partial charge in [0.1, 0.15) is 0 Å². The number of carbonyl (C=O) groups excluding carboxylic acids is 1. The third kappa shape index (κ3) is 4.75. The van der Waals surface area contributed by atoms with Crippen LogP contribution in [0.5, 0.6) is 0 Å². The van der Waals surface area contributed by atoms with E-state index in [0.29, 0.717) is 6.54 Å². The maximum Gasteiger partial charge on any atom is 0.304 e. The van der Waals surface area contributed by atoms with Crippen LogP contribution in [0, 0.1) is 11.8 Å². The Bertz CT molecular complexity index is 259.